The minimum Gasteiger partial charge on any atom is -0.306 e. The van der Waals surface area contributed by atoms with E-state index >= 15 is 0 Å². The summed E-state index contributed by atoms with van der Waals surface area (Å²) < 4.78 is 26.7. The van der Waals surface area contributed by atoms with Gasteiger partial charge in [0.05, 0.1) is 21.5 Å². The van der Waals surface area contributed by atoms with Gasteiger partial charge in [-0.1, -0.05) is 24.3 Å². The highest BCUT2D eigenvalue weighted by Crippen LogP contribution is 2.31. The average molecular weight is 410 g/mol. The maximum Gasteiger partial charge on any atom is 0.256 e. The van der Waals surface area contributed by atoms with E-state index in [1.165, 1.54) is 12.1 Å². The predicted octanol–water partition coefficient (Wildman–Crippen LogP) is 3.80. The van der Waals surface area contributed by atoms with Gasteiger partial charge in [-0.3, -0.25) is 4.79 Å². The first-order valence-electron chi connectivity index (χ1n) is 9.69. The normalized spacial score (nSPS) is 13.5. The van der Waals surface area contributed by atoms with Crippen molar-refractivity contribution in [1.82, 2.24) is 9.78 Å². The molecule has 1 aliphatic rings. The second-order valence-electron chi connectivity index (χ2n) is 7.45. The lowest BCUT2D eigenvalue weighted by molar-refractivity contribution is 0.102. The van der Waals surface area contributed by atoms with Gasteiger partial charge in [0.1, 0.15) is 5.82 Å². The van der Waals surface area contributed by atoms with Crippen LogP contribution in [-0.4, -0.2) is 29.4 Å². The molecule has 0 fully saturated rings. The second-order valence-corrected chi connectivity index (χ2v) is 9.95. The number of aromatic nitrogens is 2. The van der Waals surface area contributed by atoms with Crippen LogP contribution in [-0.2, 0) is 22.7 Å². The van der Waals surface area contributed by atoms with Crippen molar-refractivity contribution in [3.8, 4) is 5.69 Å². The molecular formula is C22H23N3O3S. The molecule has 0 saturated carbocycles. The van der Waals surface area contributed by atoms with Gasteiger partial charge in [0, 0.05) is 11.1 Å². The number of anilines is 1. The van der Waals surface area contributed by atoms with Crippen LogP contribution < -0.4 is 5.32 Å². The number of rotatable bonds is 5. The number of benzene rings is 2. The van der Waals surface area contributed by atoms with E-state index in [1.54, 1.807) is 30.7 Å². The Morgan fingerprint density at radius 2 is 1.83 bits per heavy atom. The Morgan fingerprint density at radius 3 is 2.55 bits per heavy atom. The summed E-state index contributed by atoms with van der Waals surface area (Å²) in [4.78, 5) is 13.2. The summed E-state index contributed by atoms with van der Waals surface area (Å²) in [5.74, 6) is 0.309. The van der Waals surface area contributed by atoms with Crippen LogP contribution in [0.5, 0.6) is 0 Å². The van der Waals surface area contributed by atoms with Crippen LogP contribution in [0.2, 0.25) is 0 Å². The molecule has 3 aromatic rings. The van der Waals surface area contributed by atoms with E-state index in [9.17, 15) is 13.2 Å². The number of hydrogen-bond acceptors (Lipinski definition) is 4. The maximum absolute atomic E-state index is 13.0. The molecule has 4 rings (SSSR count). The van der Waals surface area contributed by atoms with Crippen molar-refractivity contribution in [2.24, 2.45) is 0 Å². The third-order valence-corrected chi connectivity index (χ3v) is 7.34. The number of fused-ring (bicyclic) bond motifs is 1. The smallest absolute Gasteiger partial charge is 0.256 e. The Bertz CT molecular complexity index is 1170. The molecule has 0 radical (unpaired) electrons. The van der Waals surface area contributed by atoms with Gasteiger partial charge in [0.2, 0.25) is 0 Å². The van der Waals surface area contributed by atoms with E-state index in [-0.39, 0.29) is 10.8 Å². The topological polar surface area (TPSA) is 81.1 Å². The molecule has 0 atom stereocenters. The van der Waals surface area contributed by atoms with Gasteiger partial charge in [-0.25, -0.2) is 13.1 Å². The highest BCUT2D eigenvalue weighted by molar-refractivity contribution is 7.92. The first-order chi connectivity index (χ1) is 13.9. The van der Waals surface area contributed by atoms with E-state index in [0.717, 1.165) is 36.2 Å². The fourth-order valence-electron chi connectivity index (χ4n) is 3.54. The van der Waals surface area contributed by atoms with Crippen LogP contribution in [0.25, 0.3) is 5.69 Å². The molecule has 0 spiro atoms. The van der Waals surface area contributed by atoms with E-state index in [2.05, 4.69) is 5.32 Å². The molecule has 150 valence electrons. The van der Waals surface area contributed by atoms with E-state index in [1.807, 2.05) is 30.3 Å². The van der Waals surface area contributed by atoms with Crippen molar-refractivity contribution in [3.05, 3.63) is 71.4 Å². The Labute approximate surface area is 170 Å². The molecule has 7 heteroatoms. The average Bonchev–Trinajstić information content (AvgIpc) is 3.31. The quantitative estimate of drug-likeness (QED) is 0.695. The lowest BCUT2D eigenvalue weighted by atomic mass is 10.2. The molecule has 1 amide bonds. The Hall–Kier alpha value is -2.93. The molecular weight excluding hydrogens is 386 g/mol. The van der Waals surface area contributed by atoms with E-state index < -0.39 is 15.1 Å². The molecule has 1 N–H and O–H groups in total. The largest absolute Gasteiger partial charge is 0.306 e. The lowest BCUT2D eigenvalue weighted by Crippen LogP contribution is -2.18. The third-order valence-electron chi connectivity index (χ3n) is 5.19. The van der Waals surface area contributed by atoms with Crippen molar-refractivity contribution < 1.29 is 13.2 Å². The van der Waals surface area contributed by atoms with Crippen LogP contribution in [0.1, 0.15) is 41.9 Å². The summed E-state index contributed by atoms with van der Waals surface area (Å²) in [6, 6.07) is 15.8. The van der Waals surface area contributed by atoms with Crippen molar-refractivity contribution in [2.45, 2.75) is 43.3 Å². The minimum atomic E-state index is -3.45. The number of nitrogens with one attached hydrogen (secondary N) is 1. The van der Waals surface area contributed by atoms with Gasteiger partial charge >= 0.3 is 0 Å². The molecule has 0 bridgehead atoms. The molecule has 1 aromatic heterocycles. The van der Waals surface area contributed by atoms with Gasteiger partial charge in [-0.05, 0) is 63.4 Å². The highest BCUT2D eigenvalue weighted by atomic mass is 32.2. The van der Waals surface area contributed by atoms with Crippen LogP contribution in [0, 0.1) is 0 Å². The molecule has 0 unspecified atom stereocenters. The Balaban J connectivity index is 1.70. The SMILES string of the molecule is CC(C)S(=O)(=O)c1cccc(C(=O)Nc2c3c(nn2-c2ccccc2)CCC3)c1. The van der Waals surface area contributed by atoms with E-state index in [0.29, 0.717) is 11.4 Å². The van der Waals surface area contributed by atoms with Crippen molar-refractivity contribution in [3.63, 3.8) is 0 Å². The van der Waals surface area contributed by atoms with Crippen LogP contribution in [0.15, 0.2) is 59.5 Å². The van der Waals surface area contributed by atoms with Crippen molar-refractivity contribution in [2.75, 3.05) is 5.32 Å². The molecule has 1 aliphatic carbocycles. The van der Waals surface area contributed by atoms with Gasteiger partial charge in [0.15, 0.2) is 9.84 Å². The summed E-state index contributed by atoms with van der Waals surface area (Å²) >= 11 is 0. The standard InChI is InChI=1S/C22H23N3O3S/c1-15(2)29(27,28)18-11-6-8-16(14-18)22(26)23-21-19-12-7-13-20(19)24-25(21)17-9-4-3-5-10-17/h3-6,8-11,14-15H,7,12-13H2,1-2H3,(H,23,26). The van der Waals surface area contributed by atoms with E-state index in [4.69, 9.17) is 5.10 Å². The predicted molar refractivity (Wildman–Crippen MR) is 112 cm³/mol. The molecule has 1 heterocycles. The molecule has 29 heavy (non-hydrogen) atoms. The lowest BCUT2D eigenvalue weighted by Gasteiger charge is -2.12. The molecule has 2 aromatic carbocycles. The van der Waals surface area contributed by atoms with Crippen molar-refractivity contribution in [1.29, 1.82) is 0 Å². The van der Waals surface area contributed by atoms with Gasteiger partial charge in [-0.2, -0.15) is 5.10 Å². The molecule has 0 aliphatic heterocycles. The summed E-state index contributed by atoms with van der Waals surface area (Å²) in [6.45, 7) is 3.26. The summed E-state index contributed by atoms with van der Waals surface area (Å²) in [5.41, 5.74) is 3.22. The first-order valence-corrected chi connectivity index (χ1v) is 11.2. The summed E-state index contributed by atoms with van der Waals surface area (Å²) in [7, 11) is -3.45. The van der Waals surface area contributed by atoms with Gasteiger partial charge in [-0.15, -0.1) is 0 Å². The zero-order valence-corrected chi connectivity index (χ0v) is 17.2. The number of carbonyl (C=O) groups is 1. The second kappa shape index (κ2) is 7.48. The van der Waals surface area contributed by atoms with Crippen molar-refractivity contribution >= 4 is 21.6 Å². The van der Waals surface area contributed by atoms with Gasteiger partial charge in [0.25, 0.3) is 5.91 Å². The number of aryl methyl sites for hydroxylation is 1. The van der Waals surface area contributed by atoms with Crippen LogP contribution >= 0.6 is 0 Å². The number of sulfone groups is 1. The van der Waals surface area contributed by atoms with Crippen LogP contribution in [0.4, 0.5) is 5.82 Å². The van der Waals surface area contributed by atoms with Crippen LogP contribution in [0.3, 0.4) is 0 Å². The molecule has 6 nitrogen and oxygen atoms in total. The Morgan fingerprint density at radius 1 is 1.07 bits per heavy atom. The van der Waals surface area contributed by atoms with Gasteiger partial charge < -0.3 is 5.32 Å². The third kappa shape index (κ3) is 3.58. The number of amides is 1. The monoisotopic (exact) mass is 409 g/mol. The highest BCUT2D eigenvalue weighted by Gasteiger charge is 2.25. The fraction of sp³-hybridized carbons (Fsp3) is 0.273. The fourth-order valence-corrected chi connectivity index (χ4v) is 4.65. The zero-order valence-electron chi connectivity index (χ0n) is 16.4. The summed E-state index contributed by atoms with van der Waals surface area (Å²) in [6.07, 6.45) is 2.76. The number of nitrogens with zero attached hydrogens (tertiary/aromatic N) is 2. The summed E-state index contributed by atoms with van der Waals surface area (Å²) in [5, 5.41) is 7.12. The Kier molecular flexibility index (Phi) is 5.00. The maximum atomic E-state index is 13.0. The minimum absolute atomic E-state index is 0.155. The number of para-hydroxylation sites is 1. The zero-order chi connectivity index (χ0) is 20.6. The molecule has 0 saturated heterocycles. The number of hydrogen-bond donors (Lipinski definition) is 1. The first kappa shape index (κ1) is 19.4. The number of carbonyl (C=O) groups excluding carboxylic acids is 1.